The van der Waals surface area contributed by atoms with Crippen molar-refractivity contribution in [1.82, 2.24) is 19.8 Å². The van der Waals surface area contributed by atoms with E-state index in [-0.39, 0.29) is 5.54 Å². The molecule has 0 amide bonds. The summed E-state index contributed by atoms with van der Waals surface area (Å²) in [5, 5.41) is 12.5. The number of fused-ring (bicyclic) bond motifs is 1. The predicted molar refractivity (Wildman–Crippen MR) is 50.6 cm³/mol. The summed E-state index contributed by atoms with van der Waals surface area (Å²) >= 11 is 0. The Morgan fingerprint density at radius 1 is 1.36 bits per heavy atom. The van der Waals surface area contributed by atoms with E-state index < -0.39 is 0 Å². The van der Waals surface area contributed by atoms with Gasteiger partial charge < -0.3 is 5.73 Å². The lowest BCUT2D eigenvalue weighted by Gasteiger charge is -2.04. The molecule has 72 valence electrons. The van der Waals surface area contributed by atoms with Crippen LogP contribution in [-0.2, 0) is 5.54 Å². The lowest BCUT2D eigenvalue weighted by Crippen LogP contribution is -2.23. The summed E-state index contributed by atoms with van der Waals surface area (Å²) in [6.07, 6.45) is 1.95. The van der Waals surface area contributed by atoms with Gasteiger partial charge in [-0.05, 0) is 31.9 Å². The zero-order valence-electron chi connectivity index (χ0n) is 7.94. The molecule has 14 heavy (non-hydrogen) atoms. The van der Waals surface area contributed by atoms with Crippen LogP contribution in [0.5, 0.6) is 0 Å². The lowest BCUT2D eigenvalue weighted by atomic mass is 10.3. The first kappa shape index (κ1) is 7.87. The van der Waals surface area contributed by atoms with Gasteiger partial charge in [0.1, 0.15) is 0 Å². The van der Waals surface area contributed by atoms with Crippen LogP contribution in [-0.4, -0.2) is 19.8 Å². The average molecular weight is 189 g/mol. The van der Waals surface area contributed by atoms with Crippen LogP contribution >= 0.6 is 0 Å². The highest BCUT2D eigenvalue weighted by molar-refractivity contribution is 5.38. The highest BCUT2D eigenvalue weighted by Crippen LogP contribution is 2.41. The number of aryl methyl sites for hydroxylation is 1. The van der Waals surface area contributed by atoms with E-state index in [1.54, 1.807) is 4.52 Å². The number of hydrogen-bond acceptors (Lipinski definition) is 4. The van der Waals surface area contributed by atoms with E-state index in [1.807, 2.05) is 19.1 Å². The maximum atomic E-state index is 6.07. The van der Waals surface area contributed by atoms with E-state index in [4.69, 9.17) is 5.73 Å². The van der Waals surface area contributed by atoms with Gasteiger partial charge in [0.05, 0.1) is 11.2 Å². The Morgan fingerprint density at radius 2 is 2.14 bits per heavy atom. The molecule has 1 saturated carbocycles. The smallest absolute Gasteiger partial charge is 0.177 e. The fourth-order valence-electron chi connectivity index (χ4n) is 1.55. The predicted octanol–water partition coefficient (Wildman–Crippen LogP) is 0.381. The summed E-state index contributed by atoms with van der Waals surface area (Å²) in [5.41, 5.74) is 7.50. The average Bonchev–Trinajstić information content (AvgIpc) is 2.77. The Kier molecular flexibility index (Phi) is 1.29. The lowest BCUT2D eigenvalue weighted by molar-refractivity contribution is 0.635. The van der Waals surface area contributed by atoms with Crippen molar-refractivity contribution < 1.29 is 0 Å². The quantitative estimate of drug-likeness (QED) is 0.704. The van der Waals surface area contributed by atoms with Crippen LogP contribution in [0.2, 0.25) is 0 Å². The Hall–Kier alpha value is -1.49. The van der Waals surface area contributed by atoms with Crippen LogP contribution in [0.3, 0.4) is 0 Å². The number of rotatable bonds is 1. The molecule has 0 bridgehead atoms. The summed E-state index contributed by atoms with van der Waals surface area (Å²) in [6, 6.07) is 3.83. The van der Waals surface area contributed by atoms with Crippen LogP contribution in [0.25, 0.3) is 5.65 Å². The molecule has 2 heterocycles. The van der Waals surface area contributed by atoms with Gasteiger partial charge in [0, 0.05) is 0 Å². The molecule has 0 saturated heterocycles. The van der Waals surface area contributed by atoms with E-state index in [0.29, 0.717) is 0 Å². The molecule has 0 unspecified atom stereocenters. The van der Waals surface area contributed by atoms with Crippen molar-refractivity contribution in [2.75, 3.05) is 0 Å². The second-order valence-corrected chi connectivity index (χ2v) is 3.92. The Balaban J connectivity index is 2.29. The van der Waals surface area contributed by atoms with E-state index in [1.165, 1.54) is 0 Å². The van der Waals surface area contributed by atoms with Gasteiger partial charge in [0.25, 0.3) is 0 Å². The summed E-state index contributed by atoms with van der Waals surface area (Å²) in [6.45, 7) is 1.94. The number of nitrogens with zero attached hydrogens (tertiary/aromatic N) is 4. The maximum absolute atomic E-state index is 6.07. The molecular weight excluding hydrogens is 178 g/mol. The maximum Gasteiger partial charge on any atom is 0.177 e. The molecule has 2 aromatic heterocycles. The van der Waals surface area contributed by atoms with E-state index in [0.717, 1.165) is 30.0 Å². The van der Waals surface area contributed by atoms with E-state index in [2.05, 4.69) is 15.3 Å². The third kappa shape index (κ3) is 0.957. The molecule has 2 N–H and O–H groups in total. The van der Waals surface area contributed by atoms with Gasteiger partial charge >= 0.3 is 0 Å². The number of aromatic nitrogens is 4. The standard InChI is InChI=1S/C9H11N5/c1-6-2-3-7-11-12-8(14(7)13-6)9(10)4-5-9/h2-3H,4-5,10H2,1H3. The molecule has 0 aromatic carbocycles. The van der Waals surface area contributed by atoms with Crippen LogP contribution in [0.4, 0.5) is 0 Å². The monoisotopic (exact) mass is 189 g/mol. The molecule has 2 aromatic rings. The molecule has 0 radical (unpaired) electrons. The second kappa shape index (κ2) is 2.30. The molecule has 3 rings (SSSR count). The minimum Gasteiger partial charge on any atom is -0.319 e. The van der Waals surface area contributed by atoms with Gasteiger partial charge in [-0.1, -0.05) is 0 Å². The third-order valence-corrected chi connectivity index (χ3v) is 2.63. The van der Waals surface area contributed by atoms with Crippen molar-refractivity contribution in [3.63, 3.8) is 0 Å². The highest BCUT2D eigenvalue weighted by atomic mass is 15.4. The molecule has 1 aliphatic carbocycles. The van der Waals surface area contributed by atoms with Gasteiger partial charge in [0.2, 0.25) is 0 Å². The zero-order chi connectivity index (χ0) is 9.76. The minimum absolute atomic E-state index is 0.278. The molecule has 0 aliphatic heterocycles. The topological polar surface area (TPSA) is 69.1 Å². The summed E-state index contributed by atoms with van der Waals surface area (Å²) in [4.78, 5) is 0. The number of nitrogens with two attached hydrogens (primary N) is 1. The van der Waals surface area contributed by atoms with Crippen molar-refractivity contribution in [2.24, 2.45) is 5.73 Å². The third-order valence-electron chi connectivity index (χ3n) is 2.63. The van der Waals surface area contributed by atoms with Gasteiger partial charge in [-0.3, -0.25) is 0 Å². The van der Waals surface area contributed by atoms with Gasteiger partial charge in [-0.15, -0.1) is 10.2 Å². The molecule has 5 heteroatoms. The second-order valence-electron chi connectivity index (χ2n) is 3.92. The van der Waals surface area contributed by atoms with Crippen molar-refractivity contribution in [2.45, 2.75) is 25.3 Å². The van der Waals surface area contributed by atoms with E-state index in [9.17, 15) is 0 Å². The van der Waals surface area contributed by atoms with Gasteiger partial charge in [0.15, 0.2) is 11.5 Å². The summed E-state index contributed by atoms with van der Waals surface area (Å²) < 4.78 is 1.75. The first-order valence-electron chi connectivity index (χ1n) is 4.67. The van der Waals surface area contributed by atoms with Crippen molar-refractivity contribution in [1.29, 1.82) is 0 Å². The zero-order valence-corrected chi connectivity index (χ0v) is 7.94. The van der Waals surface area contributed by atoms with Gasteiger partial charge in [-0.2, -0.15) is 9.61 Å². The van der Waals surface area contributed by atoms with Crippen molar-refractivity contribution >= 4 is 5.65 Å². The summed E-state index contributed by atoms with van der Waals surface area (Å²) in [7, 11) is 0. The highest BCUT2D eigenvalue weighted by Gasteiger charge is 2.44. The molecule has 0 spiro atoms. The Labute approximate surface area is 80.9 Å². The Bertz CT molecular complexity index is 497. The van der Waals surface area contributed by atoms with Crippen LogP contribution in [0.1, 0.15) is 24.4 Å². The molecule has 1 aliphatic rings. The molecule has 0 atom stereocenters. The van der Waals surface area contributed by atoms with Crippen molar-refractivity contribution in [3.8, 4) is 0 Å². The van der Waals surface area contributed by atoms with Crippen LogP contribution < -0.4 is 5.73 Å². The SMILES string of the molecule is Cc1ccc2nnc(C3(N)CC3)n2n1. The largest absolute Gasteiger partial charge is 0.319 e. The first-order chi connectivity index (χ1) is 6.69. The molecule has 1 fully saturated rings. The van der Waals surface area contributed by atoms with Gasteiger partial charge in [-0.25, -0.2) is 0 Å². The van der Waals surface area contributed by atoms with Crippen molar-refractivity contribution in [3.05, 3.63) is 23.7 Å². The van der Waals surface area contributed by atoms with Crippen LogP contribution in [0.15, 0.2) is 12.1 Å². The molecular formula is C9H11N5. The molecule has 5 nitrogen and oxygen atoms in total. The van der Waals surface area contributed by atoms with E-state index >= 15 is 0 Å². The number of hydrogen-bond donors (Lipinski definition) is 1. The fourth-order valence-corrected chi connectivity index (χ4v) is 1.55. The van der Waals surface area contributed by atoms with Crippen LogP contribution in [0, 0.1) is 6.92 Å². The Morgan fingerprint density at radius 3 is 2.86 bits per heavy atom. The summed E-state index contributed by atoms with van der Waals surface area (Å²) in [5.74, 6) is 0.788. The minimum atomic E-state index is -0.278. The fraction of sp³-hybridized carbons (Fsp3) is 0.444. The first-order valence-corrected chi connectivity index (χ1v) is 4.67. The normalized spacial score (nSPS) is 18.7.